The van der Waals surface area contributed by atoms with Gasteiger partial charge in [-0.15, -0.1) is 0 Å². The minimum Gasteiger partial charge on any atom is -0.490 e. The maximum Gasteiger partial charge on any atom is 0.361 e. The van der Waals surface area contributed by atoms with Crippen LogP contribution in [0.2, 0.25) is 0 Å². The van der Waals surface area contributed by atoms with Crippen LogP contribution in [0.3, 0.4) is 0 Å². The van der Waals surface area contributed by atoms with Gasteiger partial charge in [0.25, 0.3) is 0 Å². The van der Waals surface area contributed by atoms with E-state index in [1.807, 2.05) is 32.0 Å². The first-order valence-electron chi connectivity index (χ1n) is 8.42. The summed E-state index contributed by atoms with van der Waals surface area (Å²) < 4.78 is 28.3. The maximum absolute atomic E-state index is 11.6. The van der Waals surface area contributed by atoms with Gasteiger partial charge < -0.3 is 24.0 Å². The average molecular weight is 381 g/mol. The molecule has 0 aliphatic carbocycles. The highest BCUT2D eigenvalue weighted by Crippen LogP contribution is 2.41. The summed E-state index contributed by atoms with van der Waals surface area (Å²) in [7, 11) is -3.16. The monoisotopic (exact) mass is 381 g/mol. The number of methoxy groups -OCH3 is 1. The predicted molar refractivity (Wildman–Crippen MR) is 99.5 cm³/mol. The molecule has 26 heavy (non-hydrogen) atoms. The molecule has 0 spiro atoms. The summed E-state index contributed by atoms with van der Waals surface area (Å²) in [5.74, 6) is 1.05. The van der Waals surface area contributed by atoms with E-state index in [1.54, 1.807) is 0 Å². The van der Waals surface area contributed by atoms with Crippen molar-refractivity contribution in [3.63, 3.8) is 0 Å². The summed E-state index contributed by atoms with van der Waals surface area (Å²) in [5, 5.41) is -0.252. The molecule has 8 heteroatoms. The third-order valence-electron chi connectivity index (χ3n) is 3.51. The van der Waals surface area contributed by atoms with Crippen LogP contribution in [-0.2, 0) is 4.57 Å². The molecule has 0 fully saturated rings. The lowest BCUT2D eigenvalue weighted by molar-refractivity contribution is 0.269. The molecule has 1 aromatic heterocycles. The second-order valence-corrected chi connectivity index (χ2v) is 7.17. The lowest BCUT2D eigenvalue weighted by atomic mass is 10.1. The van der Waals surface area contributed by atoms with Crippen LogP contribution in [-0.4, -0.2) is 35.1 Å². The summed E-state index contributed by atoms with van der Waals surface area (Å²) in [5.41, 5.74) is 1.15. The Balaban J connectivity index is 2.54. The highest BCUT2D eigenvalue weighted by molar-refractivity contribution is 7.60. The third kappa shape index (κ3) is 4.75. The fourth-order valence-electron chi connectivity index (χ4n) is 2.35. The Morgan fingerprint density at radius 2 is 1.73 bits per heavy atom. The van der Waals surface area contributed by atoms with E-state index >= 15 is 0 Å². The van der Waals surface area contributed by atoms with Crippen molar-refractivity contribution in [2.45, 2.75) is 26.7 Å². The molecule has 7 nitrogen and oxygen atoms in total. The summed E-state index contributed by atoms with van der Waals surface area (Å²) in [4.78, 5) is 23.1. The zero-order valence-electron chi connectivity index (χ0n) is 15.1. The predicted octanol–water partition coefficient (Wildman–Crippen LogP) is 3.14. The first-order valence-corrected chi connectivity index (χ1v) is 10.0. The van der Waals surface area contributed by atoms with Gasteiger partial charge in [0.1, 0.15) is 5.30 Å². The van der Waals surface area contributed by atoms with E-state index in [-0.39, 0.29) is 11.2 Å². The van der Waals surface area contributed by atoms with Gasteiger partial charge in [-0.2, -0.15) is 0 Å². The summed E-state index contributed by atoms with van der Waals surface area (Å²) in [6, 6.07) is 8.33. The number of benzene rings is 1. The van der Waals surface area contributed by atoms with Crippen molar-refractivity contribution >= 4 is 12.9 Å². The molecule has 0 atom stereocenters. The zero-order valence-corrected chi connectivity index (χ0v) is 16.0. The second kappa shape index (κ2) is 9.03. The summed E-state index contributed by atoms with van der Waals surface area (Å²) >= 11 is 0. The molecule has 0 saturated carbocycles. The van der Waals surface area contributed by atoms with Gasteiger partial charge >= 0.3 is 7.60 Å². The van der Waals surface area contributed by atoms with Gasteiger partial charge in [0.15, 0.2) is 11.5 Å². The van der Waals surface area contributed by atoms with E-state index in [2.05, 4.69) is 4.98 Å². The van der Waals surface area contributed by atoms with Crippen molar-refractivity contribution < 1.29 is 28.6 Å². The molecule has 0 radical (unpaired) electrons. The fourth-order valence-corrected chi connectivity index (χ4v) is 3.01. The zero-order chi connectivity index (χ0) is 19.2. The van der Waals surface area contributed by atoms with E-state index in [0.29, 0.717) is 36.0 Å². The summed E-state index contributed by atoms with van der Waals surface area (Å²) in [6.07, 6.45) is 1.69. The molecule has 0 bridgehead atoms. The van der Waals surface area contributed by atoms with E-state index in [1.165, 1.54) is 19.2 Å². The Hall–Kier alpha value is -2.08. The van der Waals surface area contributed by atoms with E-state index in [4.69, 9.17) is 14.2 Å². The van der Waals surface area contributed by atoms with Crippen molar-refractivity contribution in [1.82, 2.24) is 4.98 Å². The van der Waals surface area contributed by atoms with Gasteiger partial charge in [0.05, 0.1) is 26.0 Å². The van der Waals surface area contributed by atoms with Crippen LogP contribution in [0.15, 0.2) is 30.3 Å². The van der Waals surface area contributed by atoms with Crippen molar-refractivity contribution in [3.8, 4) is 28.6 Å². The number of para-hydroxylation sites is 1. The van der Waals surface area contributed by atoms with Crippen LogP contribution in [0.1, 0.15) is 26.7 Å². The lowest BCUT2D eigenvalue weighted by Gasteiger charge is -2.17. The molecular formula is C18H24NO6P. The molecule has 1 aromatic carbocycles. The number of hydrogen-bond donors (Lipinski definition) is 2. The smallest absolute Gasteiger partial charge is 0.361 e. The highest BCUT2D eigenvalue weighted by Gasteiger charge is 2.25. The van der Waals surface area contributed by atoms with Crippen LogP contribution >= 0.6 is 7.60 Å². The van der Waals surface area contributed by atoms with Crippen LogP contribution in [0.4, 0.5) is 0 Å². The Kier molecular flexibility index (Phi) is 7.03. The van der Waals surface area contributed by atoms with Crippen molar-refractivity contribution in [1.29, 1.82) is 0 Å². The fraction of sp³-hybridized carbons (Fsp3) is 0.389. The number of aromatic nitrogens is 1. The van der Waals surface area contributed by atoms with Gasteiger partial charge in [0.2, 0.25) is 5.88 Å². The Labute approximate surface area is 153 Å². The van der Waals surface area contributed by atoms with Crippen molar-refractivity contribution in [3.05, 3.63) is 30.3 Å². The first-order chi connectivity index (χ1) is 12.4. The van der Waals surface area contributed by atoms with Gasteiger partial charge in [-0.25, -0.2) is 4.98 Å². The largest absolute Gasteiger partial charge is 0.490 e. The Morgan fingerprint density at radius 3 is 2.35 bits per heavy atom. The standard InChI is InChI=1S/C18H24NO6P/c1-4-11-24-15-8-6-7-13(17(15)25-12-5-2)14-9-10-16(26(20,21)22)18(19-14)23-3/h6-10H,4-5,11-12H2,1-3H3,(H2,20,21,22). The number of nitrogens with zero attached hydrogens (tertiary/aromatic N) is 1. The van der Waals surface area contributed by atoms with Gasteiger partial charge in [-0.1, -0.05) is 19.9 Å². The quantitative estimate of drug-likeness (QED) is 0.644. The normalized spacial score (nSPS) is 11.3. The van der Waals surface area contributed by atoms with Gasteiger partial charge in [0, 0.05) is 5.56 Å². The molecule has 2 N–H and O–H groups in total. The molecule has 0 saturated heterocycles. The molecular weight excluding hydrogens is 357 g/mol. The minimum atomic E-state index is -4.48. The maximum atomic E-state index is 11.6. The Bertz CT molecular complexity index is 789. The van der Waals surface area contributed by atoms with Crippen LogP contribution in [0.25, 0.3) is 11.3 Å². The van der Waals surface area contributed by atoms with Gasteiger partial charge in [-0.05, 0) is 37.1 Å². The molecule has 142 valence electrons. The van der Waals surface area contributed by atoms with Crippen LogP contribution in [0, 0.1) is 0 Å². The van der Waals surface area contributed by atoms with Crippen molar-refractivity contribution in [2.24, 2.45) is 0 Å². The van der Waals surface area contributed by atoms with E-state index < -0.39 is 7.60 Å². The molecule has 0 unspecified atom stereocenters. The average Bonchev–Trinajstić information content (AvgIpc) is 2.63. The molecule has 0 aliphatic heterocycles. The molecule has 0 amide bonds. The number of hydrogen-bond acceptors (Lipinski definition) is 5. The minimum absolute atomic E-state index is 0.114. The number of rotatable bonds is 9. The van der Waals surface area contributed by atoms with Gasteiger partial charge in [-0.3, -0.25) is 4.57 Å². The molecule has 1 heterocycles. The van der Waals surface area contributed by atoms with E-state index in [9.17, 15) is 14.4 Å². The Morgan fingerprint density at radius 1 is 1.04 bits per heavy atom. The summed E-state index contributed by atoms with van der Waals surface area (Å²) in [6.45, 7) is 5.09. The SMILES string of the molecule is CCCOc1cccc(-c2ccc(P(=O)(O)O)c(OC)n2)c1OCCC. The molecule has 2 aromatic rings. The topological polar surface area (TPSA) is 98.1 Å². The van der Waals surface area contributed by atoms with E-state index in [0.717, 1.165) is 12.8 Å². The van der Waals surface area contributed by atoms with Crippen LogP contribution < -0.4 is 19.5 Å². The molecule has 2 rings (SSSR count). The highest BCUT2D eigenvalue weighted by atomic mass is 31.2. The first kappa shape index (κ1) is 20.2. The number of ether oxygens (including phenoxy) is 3. The number of pyridine rings is 1. The van der Waals surface area contributed by atoms with Crippen LogP contribution in [0.5, 0.6) is 17.4 Å². The lowest BCUT2D eigenvalue weighted by Crippen LogP contribution is -2.11. The van der Waals surface area contributed by atoms with Crippen molar-refractivity contribution in [2.75, 3.05) is 20.3 Å². The molecule has 0 aliphatic rings. The second-order valence-electron chi connectivity index (χ2n) is 5.60. The third-order valence-corrected chi connectivity index (χ3v) is 4.48.